The highest BCUT2D eigenvalue weighted by Gasteiger charge is 2.35. The first-order chi connectivity index (χ1) is 71.9. The van der Waals surface area contributed by atoms with E-state index in [2.05, 4.69) is 215 Å². The molecule has 32 heteroatoms. The highest BCUT2D eigenvalue weighted by molar-refractivity contribution is 6.10. The minimum Gasteiger partial charge on any atom is -0.384 e. The van der Waals surface area contributed by atoms with Crippen LogP contribution in [0, 0.1) is 23.7 Å². The van der Waals surface area contributed by atoms with E-state index in [1.807, 2.05) is 90.0 Å². The zero-order valence-electron chi connectivity index (χ0n) is 86.9. The van der Waals surface area contributed by atoms with Gasteiger partial charge in [-0.15, -0.1) is 0 Å². The van der Waals surface area contributed by atoms with Crippen LogP contribution < -0.4 is 21.3 Å². The number of benzene rings is 4. The lowest BCUT2D eigenvalue weighted by Gasteiger charge is -2.30. The molecule has 768 valence electrons. The van der Waals surface area contributed by atoms with Gasteiger partial charge in [0.05, 0.1) is 35.2 Å². The first kappa shape index (κ1) is 99.9. The normalized spacial score (nSPS) is 20.3. The lowest BCUT2D eigenvalue weighted by Crippen LogP contribution is -2.42. The second-order valence-electron chi connectivity index (χ2n) is 42.8. The van der Waals surface area contributed by atoms with E-state index >= 15 is 0 Å². The standard InChI is InChI=1S/C31H39N7O.C29H35N7O.2C28H32N6O2/c1-4-36(5-2)20-29(39)37-17-16-26-22(19-37)12-15-28(33-26)34-31-32-18-25-24-8-6-7-9-27(24)38(30(25)35-31)23-13-10-21(3)11-14-23;1-19-8-11-21(12-9-19)36-25-7-5-4-6-22(25)23-16-30-29(33-28(23)36)32-26-13-10-20-17-35(15-14-24(20)31-26)27(37)18-34(2)3;2*1-17-7-10-20(11-8-17)34-24-6-4-3-5-21(24)22-15-29-28(32-26(22)34)31-25-12-9-19-16-33(27(36)18(2)35)14-13-23(19)30-25/h6-9,12,15,18,21,23H,4-5,10-11,13-14,16-17,19-20H2,1-3H3,(H,32,33,34,35);4-7,10,13,16,19,21H,8-9,11-12,14-15,17-18H2,1-3H3,(H,30,31,32,33);2*3-6,9,12,15,17-18,20,35H,7-8,10-11,13-14,16H2,1-2H3,(H,29,30,31,32)/t;;2*17?,18-,20?/m..10/s1. The van der Waals surface area contributed by atoms with Crippen LogP contribution in [-0.2, 0) is 71.0 Å². The summed E-state index contributed by atoms with van der Waals surface area (Å²) < 4.78 is 9.76. The van der Waals surface area contributed by atoms with Crippen LogP contribution in [0.4, 0.5) is 47.1 Å². The van der Waals surface area contributed by atoms with Gasteiger partial charge in [-0.05, 0) is 238 Å². The number of amides is 4. The summed E-state index contributed by atoms with van der Waals surface area (Å²) in [5.41, 5.74) is 17.1. The second-order valence-corrected chi connectivity index (χ2v) is 42.8. The number of aliphatic hydroxyl groups excluding tert-OH is 2. The van der Waals surface area contributed by atoms with Crippen LogP contribution in [0.1, 0.15) is 227 Å². The van der Waals surface area contributed by atoms with Gasteiger partial charge in [0.15, 0.2) is 0 Å². The minimum atomic E-state index is -0.986. The molecule has 16 heterocycles. The number of pyridine rings is 4. The van der Waals surface area contributed by atoms with Gasteiger partial charge in [0, 0.05) is 193 Å². The summed E-state index contributed by atoms with van der Waals surface area (Å²) in [7, 11) is 3.84. The monoisotopic (exact) mass is 1990 g/mol. The van der Waals surface area contributed by atoms with Crippen molar-refractivity contribution < 1.29 is 29.4 Å². The first-order valence-corrected chi connectivity index (χ1v) is 53.9. The van der Waals surface area contributed by atoms with Gasteiger partial charge in [-0.2, -0.15) is 19.9 Å². The SMILES string of the molecule is CC1CCC(n2c3ccccc3c3cnc(Nc4ccc5c(n4)CCN(C(=O)CN(C)C)C5)nc32)CC1.CC1CCC(n2c3ccccc3c3cnc(Nc4ccc5c(n4)CCN(C(=O)[C@@H](C)O)C5)nc32)CC1.CC1CCC(n2c3ccccc3c3cnc(Nc4ccc5c(n4)CCN(C(=O)[C@H](C)O)C5)nc32)CC1.CCN(CC)CC(=O)N1CCc2nc(Nc3ncc4c5ccccc5n(C5CCC(C)CC5)c4n3)ccc2C1. The highest BCUT2D eigenvalue weighted by atomic mass is 16.3. The van der Waals surface area contributed by atoms with Gasteiger partial charge in [-0.25, -0.2) is 39.9 Å². The molecule has 8 aliphatic rings. The zero-order chi connectivity index (χ0) is 102. The summed E-state index contributed by atoms with van der Waals surface area (Å²) in [6.07, 6.45) is 28.0. The maximum absolute atomic E-state index is 12.8. The molecule has 2 atom stereocenters. The van der Waals surface area contributed by atoms with Crippen molar-refractivity contribution in [2.75, 3.05) is 87.7 Å². The third kappa shape index (κ3) is 21.3. The van der Waals surface area contributed by atoms with E-state index < -0.39 is 12.2 Å². The number of aromatic nitrogens is 16. The van der Waals surface area contributed by atoms with Crippen molar-refractivity contribution in [2.24, 2.45) is 23.7 Å². The quantitative estimate of drug-likeness (QED) is 0.0413. The Morgan fingerprint density at radius 1 is 0.324 bits per heavy atom. The van der Waals surface area contributed by atoms with Crippen molar-refractivity contribution >= 4 is 158 Å². The molecule has 4 saturated carbocycles. The van der Waals surface area contributed by atoms with Crippen LogP contribution in [0.25, 0.3) is 87.7 Å². The third-order valence-electron chi connectivity index (χ3n) is 32.1. The maximum Gasteiger partial charge on any atom is 0.251 e. The van der Waals surface area contributed by atoms with Gasteiger partial charge in [0.1, 0.15) is 58.1 Å². The number of carbonyl (C=O) groups excluding carboxylic acids is 4. The molecule has 12 aromatic heterocycles. The number of aliphatic hydroxyl groups is 2. The van der Waals surface area contributed by atoms with E-state index in [1.54, 1.807) is 9.80 Å². The Hall–Kier alpha value is -14.1. The fraction of sp³-hybridized carbons (Fsp3) is 0.448. The topological polar surface area (TPSA) is 351 Å². The van der Waals surface area contributed by atoms with Crippen LogP contribution in [0.3, 0.4) is 0 Å². The van der Waals surface area contributed by atoms with Crippen molar-refractivity contribution in [3.05, 3.63) is 215 Å². The molecule has 6 N–H and O–H groups in total. The number of anilines is 8. The van der Waals surface area contributed by atoms with Gasteiger partial charge in [0.2, 0.25) is 35.6 Å². The molecule has 0 spiro atoms. The Labute approximate surface area is 863 Å². The average Bonchev–Trinajstić information content (AvgIpc) is 1.60. The Morgan fingerprint density at radius 3 is 0.818 bits per heavy atom. The number of likely N-dealkylation sites (N-methyl/N-ethyl adjacent to an activating group) is 2. The molecule has 148 heavy (non-hydrogen) atoms. The van der Waals surface area contributed by atoms with Gasteiger partial charge < -0.3 is 74.2 Å². The number of para-hydroxylation sites is 4. The molecule has 0 saturated heterocycles. The Morgan fingerprint density at radius 2 is 0.568 bits per heavy atom. The lowest BCUT2D eigenvalue weighted by atomic mass is 9.87. The fourth-order valence-electron chi connectivity index (χ4n) is 23.7. The largest absolute Gasteiger partial charge is 0.384 e. The van der Waals surface area contributed by atoms with Gasteiger partial charge >= 0.3 is 0 Å². The van der Waals surface area contributed by atoms with E-state index in [0.717, 1.165) is 150 Å². The van der Waals surface area contributed by atoms with E-state index in [1.165, 1.54) is 160 Å². The van der Waals surface area contributed by atoms with E-state index in [0.29, 0.717) is 138 Å². The van der Waals surface area contributed by atoms with Crippen molar-refractivity contribution in [3.63, 3.8) is 0 Å². The maximum atomic E-state index is 12.8. The average molecular weight is 1990 g/mol. The molecule has 4 aliphatic carbocycles. The molecule has 0 unspecified atom stereocenters. The summed E-state index contributed by atoms with van der Waals surface area (Å²) in [6.45, 7) is 24.0. The second kappa shape index (κ2) is 43.8. The van der Waals surface area contributed by atoms with Crippen molar-refractivity contribution in [1.29, 1.82) is 0 Å². The summed E-state index contributed by atoms with van der Waals surface area (Å²) in [5.74, 6) is 8.07. The number of nitrogens with one attached hydrogen (secondary N) is 4. The van der Waals surface area contributed by atoms with Crippen LogP contribution in [0.5, 0.6) is 0 Å². The van der Waals surface area contributed by atoms with Crippen LogP contribution in [0.15, 0.2) is 170 Å². The van der Waals surface area contributed by atoms with Crippen LogP contribution in [0.2, 0.25) is 0 Å². The highest BCUT2D eigenvalue weighted by Crippen LogP contribution is 2.45. The molecule has 24 rings (SSSR count). The molecule has 4 fully saturated rings. The Kier molecular flexibility index (Phi) is 29.5. The smallest absolute Gasteiger partial charge is 0.251 e. The predicted octanol–water partition coefficient (Wildman–Crippen LogP) is 20.1. The van der Waals surface area contributed by atoms with Gasteiger partial charge in [-0.1, -0.05) is 139 Å². The molecule has 4 aliphatic heterocycles. The van der Waals surface area contributed by atoms with Crippen LogP contribution >= 0.6 is 0 Å². The fourth-order valence-corrected chi connectivity index (χ4v) is 23.7. The summed E-state index contributed by atoms with van der Waals surface area (Å²) in [5, 5.41) is 41.8. The van der Waals surface area contributed by atoms with Crippen molar-refractivity contribution in [2.45, 2.75) is 246 Å². The number of hydrogen-bond acceptors (Lipinski definition) is 24. The number of nitrogens with zero attached hydrogens (tertiary/aromatic N) is 22. The van der Waals surface area contributed by atoms with Crippen molar-refractivity contribution in [3.8, 4) is 0 Å². The molecule has 4 aromatic carbocycles. The minimum absolute atomic E-state index is 0.155. The Balaban J connectivity index is 0.000000116. The molecule has 0 bridgehead atoms. The molecule has 0 radical (unpaired) electrons. The van der Waals surface area contributed by atoms with E-state index in [-0.39, 0.29) is 23.6 Å². The molecular weight excluding hydrogens is 1850 g/mol. The van der Waals surface area contributed by atoms with Gasteiger partial charge in [0.25, 0.3) is 11.8 Å². The summed E-state index contributed by atoms with van der Waals surface area (Å²) >= 11 is 0. The number of carbonyl (C=O) groups is 4. The van der Waals surface area contributed by atoms with E-state index in [4.69, 9.17) is 39.9 Å². The summed E-state index contributed by atoms with van der Waals surface area (Å²) in [4.78, 5) is 119. The molecule has 32 nitrogen and oxygen atoms in total. The van der Waals surface area contributed by atoms with Crippen LogP contribution in [-0.4, -0.2) is 220 Å². The number of fused-ring (bicyclic) bond motifs is 16. The van der Waals surface area contributed by atoms with E-state index in [9.17, 15) is 29.4 Å². The molecular formula is C116H138N26O6. The van der Waals surface area contributed by atoms with Gasteiger partial charge in [-0.3, -0.25) is 24.1 Å². The third-order valence-corrected chi connectivity index (χ3v) is 32.1. The Bertz CT molecular complexity index is 7360. The zero-order valence-corrected chi connectivity index (χ0v) is 86.9. The lowest BCUT2D eigenvalue weighted by molar-refractivity contribution is -0.140. The molecule has 4 amide bonds. The first-order valence-electron chi connectivity index (χ1n) is 53.9. The summed E-state index contributed by atoms with van der Waals surface area (Å²) in [6, 6.07) is 51.9. The predicted molar refractivity (Wildman–Crippen MR) is 583 cm³/mol. The number of rotatable bonds is 20. The number of hydrogen-bond donors (Lipinski definition) is 6. The molecule has 16 aromatic rings. The van der Waals surface area contributed by atoms with Crippen molar-refractivity contribution in [1.82, 2.24) is 107 Å².